The first-order valence-corrected chi connectivity index (χ1v) is 7.24. The molecule has 6 heteroatoms. The Hall–Kier alpha value is -3.15. The van der Waals surface area contributed by atoms with Gasteiger partial charge in [-0.2, -0.15) is 0 Å². The fraction of sp³-hybridized carbons (Fsp3) is 0.167. The molecule has 0 spiro atoms. The molecule has 0 fully saturated rings. The van der Waals surface area contributed by atoms with Crippen molar-refractivity contribution in [2.45, 2.75) is 6.61 Å². The summed E-state index contributed by atoms with van der Waals surface area (Å²) in [6.45, 7) is 0.180. The summed E-state index contributed by atoms with van der Waals surface area (Å²) in [7, 11) is 2.66. The Bertz CT molecular complexity index is 727. The van der Waals surface area contributed by atoms with Crippen molar-refractivity contribution in [2.75, 3.05) is 14.2 Å². The molecule has 24 heavy (non-hydrogen) atoms. The van der Waals surface area contributed by atoms with Crippen molar-refractivity contribution < 1.29 is 19.2 Å². The maximum absolute atomic E-state index is 11.9. The molecular weight excluding hydrogens is 308 g/mol. The van der Waals surface area contributed by atoms with E-state index < -0.39 is 5.97 Å². The van der Waals surface area contributed by atoms with Crippen LogP contribution >= 0.6 is 0 Å². The second-order valence-electron chi connectivity index (χ2n) is 4.69. The van der Waals surface area contributed by atoms with Gasteiger partial charge >= 0.3 is 5.97 Å². The summed E-state index contributed by atoms with van der Waals surface area (Å²) in [4.78, 5) is 21.9. The molecule has 0 aliphatic rings. The van der Waals surface area contributed by atoms with Crippen LogP contribution in [0.15, 0.2) is 64.9 Å². The quantitative estimate of drug-likeness (QED) is 0.446. The Labute approximate surface area is 140 Å². The topological polar surface area (TPSA) is 69.5 Å². The van der Waals surface area contributed by atoms with Gasteiger partial charge in [-0.1, -0.05) is 64.9 Å². The van der Waals surface area contributed by atoms with Crippen molar-refractivity contribution in [2.24, 2.45) is 10.3 Å². The Morgan fingerprint density at radius 3 is 2.46 bits per heavy atom. The number of nitrogens with zero attached hydrogens (tertiary/aromatic N) is 2. The molecular formula is C18H18N2O4. The van der Waals surface area contributed by atoms with E-state index in [0.717, 1.165) is 11.1 Å². The third-order valence-corrected chi connectivity index (χ3v) is 3.13. The Morgan fingerprint density at radius 2 is 1.75 bits per heavy atom. The first-order valence-electron chi connectivity index (χ1n) is 7.24. The van der Waals surface area contributed by atoms with E-state index in [1.54, 1.807) is 18.3 Å². The van der Waals surface area contributed by atoms with E-state index in [2.05, 4.69) is 10.3 Å². The van der Waals surface area contributed by atoms with E-state index in [1.807, 2.05) is 42.5 Å². The Morgan fingerprint density at radius 1 is 1.04 bits per heavy atom. The van der Waals surface area contributed by atoms with Crippen LogP contribution in [0.3, 0.4) is 0 Å². The van der Waals surface area contributed by atoms with Gasteiger partial charge in [-0.3, -0.25) is 0 Å². The number of hydrogen-bond donors (Lipinski definition) is 0. The lowest BCUT2D eigenvalue weighted by atomic mass is 10.0. The molecule has 0 atom stereocenters. The van der Waals surface area contributed by atoms with Gasteiger partial charge in [0.05, 0.1) is 13.3 Å². The van der Waals surface area contributed by atoms with E-state index in [0.29, 0.717) is 5.56 Å². The van der Waals surface area contributed by atoms with Crippen LogP contribution in [-0.2, 0) is 25.8 Å². The van der Waals surface area contributed by atoms with Crippen LogP contribution < -0.4 is 0 Å². The summed E-state index contributed by atoms with van der Waals surface area (Å²) in [6, 6.07) is 16.8. The summed E-state index contributed by atoms with van der Waals surface area (Å²) in [5, 5.41) is 7.69. The molecule has 2 rings (SSSR count). The second kappa shape index (κ2) is 9.09. The molecule has 0 saturated carbocycles. The summed E-state index contributed by atoms with van der Waals surface area (Å²) in [6.07, 6.45) is 1.62. The molecule has 0 saturated heterocycles. The molecule has 0 bridgehead atoms. The monoisotopic (exact) mass is 326 g/mol. The van der Waals surface area contributed by atoms with Crippen LogP contribution in [0.4, 0.5) is 0 Å². The Kier molecular flexibility index (Phi) is 6.52. The molecule has 0 aliphatic heterocycles. The third kappa shape index (κ3) is 4.67. The zero-order chi connectivity index (χ0) is 17.2. The molecule has 0 aromatic heterocycles. The van der Waals surface area contributed by atoms with Gasteiger partial charge in [0.15, 0.2) is 5.71 Å². The molecule has 0 unspecified atom stereocenters. The lowest BCUT2D eigenvalue weighted by Crippen LogP contribution is -2.19. The number of rotatable bonds is 7. The van der Waals surface area contributed by atoms with Crippen molar-refractivity contribution in [3.05, 3.63) is 71.3 Å². The lowest BCUT2D eigenvalue weighted by molar-refractivity contribution is -0.132. The van der Waals surface area contributed by atoms with Gasteiger partial charge in [0, 0.05) is 11.1 Å². The van der Waals surface area contributed by atoms with Crippen LogP contribution in [0, 0.1) is 0 Å². The molecule has 0 N–H and O–H groups in total. The number of carbonyl (C=O) groups excluding carboxylic acids is 1. The van der Waals surface area contributed by atoms with E-state index >= 15 is 0 Å². The largest absolute Gasteiger partial charge is 0.464 e. The number of hydrogen-bond acceptors (Lipinski definition) is 6. The molecule has 2 aromatic carbocycles. The molecule has 0 radical (unpaired) electrons. The van der Waals surface area contributed by atoms with Crippen LogP contribution in [0.1, 0.15) is 16.7 Å². The number of esters is 1. The van der Waals surface area contributed by atoms with Gasteiger partial charge in [-0.15, -0.1) is 0 Å². The normalized spacial score (nSPS) is 11.3. The SMILES string of the molecule is CO/N=C(\C(=O)OC)c1ccccc1CON=Cc1ccccc1. The third-order valence-electron chi connectivity index (χ3n) is 3.13. The minimum Gasteiger partial charge on any atom is -0.464 e. The van der Waals surface area contributed by atoms with Gasteiger partial charge in [-0.05, 0) is 5.56 Å². The minimum absolute atomic E-state index is 0.0752. The van der Waals surface area contributed by atoms with Crippen LogP contribution in [-0.4, -0.2) is 32.1 Å². The number of benzene rings is 2. The first kappa shape index (κ1) is 17.2. The second-order valence-corrected chi connectivity index (χ2v) is 4.69. The fourth-order valence-corrected chi connectivity index (χ4v) is 2.01. The van der Waals surface area contributed by atoms with Crippen molar-refractivity contribution in [3.63, 3.8) is 0 Å². The van der Waals surface area contributed by atoms with Crippen molar-refractivity contribution in [3.8, 4) is 0 Å². The zero-order valence-corrected chi connectivity index (χ0v) is 13.5. The van der Waals surface area contributed by atoms with Crippen LogP contribution in [0.25, 0.3) is 0 Å². The molecule has 0 amide bonds. The zero-order valence-electron chi connectivity index (χ0n) is 13.5. The standard InChI is InChI=1S/C18H18N2O4/c1-22-18(21)17(20-23-2)16-11-7-6-10-15(16)13-24-19-12-14-8-4-3-5-9-14/h3-12H,13H2,1-2H3/b19-12?,20-17-. The van der Waals surface area contributed by atoms with E-state index in [-0.39, 0.29) is 12.3 Å². The van der Waals surface area contributed by atoms with Gasteiger partial charge in [0.25, 0.3) is 0 Å². The van der Waals surface area contributed by atoms with Gasteiger partial charge in [-0.25, -0.2) is 4.79 Å². The highest BCUT2D eigenvalue weighted by Gasteiger charge is 2.19. The van der Waals surface area contributed by atoms with Crippen LogP contribution in [0.5, 0.6) is 0 Å². The highest BCUT2D eigenvalue weighted by molar-refractivity contribution is 6.43. The summed E-state index contributed by atoms with van der Waals surface area (Å²) >= 11 is 0. The smallest absolute Gasteiger partial charge is 0.360 e. The number of oxime groups is 2. The lowest BCUT2D eigenvalue weighted by Gasteiger charge is -2.09. The summed E-state index contributed by atoms with van der Waals surface area (Å²) < 4.78 is 4.74. The minimum atomic E-state index is -0.586. The van der Waals surface area contributed by atoms with Gasteiger partial charge in [0.1, 0.15) is 13.7 Å². The summed E-state index contributed by atoms with van der Waals surface area (Å²) in [5.41, 5.74) is 2.32. The van der Waals surface area contributed by atoms with Gasteiger partial charge in [0.2, 0.25) is 0 Å². The van der Waals surface area contributed by atoms with E-state index in [1.165, 1.54) is 14.2 Å². The average molecular weight is 326 g/mol. The number of ether oxygens (including phenoxy) is 1. The number of carbonyl (C=O) groups is 1. The van der Waals surface area contributed by atoms with Crippen LogP contribution in [0.2, 0.25) is 0 Å². The molecule has 6 nitrogen and oxygen atoms in total. The Balaban J connectivity index is 2.12. The average Bonchev–Trinajstić information content (AvgIpc) is 2.64. The molecule has 0 aliphatic carbocycles. The van der Waals surface area contributed by atoms with Crippen molar-refractivity contribution >= 4 is 17.9 Å². The van der Waals surface area contributed by atoms with E-state index in [9.17, 15) is 4.79 Å². The highest BCUT2D eigenvalue weighted by atomic mass is 16.6. The summed E-state index contributed by atoms with van der Waals surface area (Å²) in [5.74, 6) is -0.586. The fourth-order valence-electron chi connectivity index (χ4n) is 2.01. The molecule has 0 heterocycles. The van der Waals surface area contributed by atoms with Crippen molar-refractivity contribution in [1.29, 1.82) is 0 Å². The highest BCUT2D eigenvalue weighted by Crippen LogP contribution is 2.13. The number of methoxy groups -OCH3 is 1. The van der Waals surface area contributed by atoms with E-state index in [4.69, 9.17) is 14.4 Å². The van der Waals surface area contributed by atoms with Crippen molar-refractivity contribution in [1.82, 2.24) is 0 Å². The predicted octanol–water partition coefficient (Wildman–Crippen LogP) is 2.76. The maximum atomic E-state index is 11.9. The first-order chi connectivity index (χ1) is 11.8. The van der Waals surface area contributed by atoms with Gasteiger partial charge < -0.3 is 14.4 Å². The maximum Gasteiger partial charge on any atom is 0.360 e. The molecule has 2 aromatic rings. The predicted molar refractivity (Wildman–Crippen MR) is 90.8 cm³/mol. The molecule has 124 valence electrons.